The zero-order valence-electron chi connectivity index (χ0n) is 7.21. The van der Waals surface area contributed by atoms with Crippen molar-refractivity contribution in [1.29, 1.82) is 0 Å². The molecule has 0 saturated carbocycles. The number of allylic oxidation sites excluding steroid dienone is 4. The van der Waals surface area contributed by atoms with Crippen LogP contribution in [0.15, 0.2) is 22.0 Å². The number of hydrogen-bond donors (Lipinski definition) is 0. The smallest absolute Gasteiger partial charge is 0.131 e. The van der Waals surface area contributed by atoms with Gasteiger partial charge in [-0.2, -0.15) is 0 Å². The fourth-order valence-corrected chi connectivity index (χ4v) is 3.32. The molecule has 2 aliphatic rings. The second-order valence-corrected chi connectivity index (χ2v) is 4.98. The predicted molar refractivity (Wildman–Crippen MR) is 52.0 cm³/mol. The third-order valence-corrected chi connectivity index (χ3v) is 4.17. The lowest BCUT2D eigenvalue weighted by Crippen LogP contribution is -2.04. The van der Waals surface area contributed by atoms with Crippen molar-refractivity contribution in [3.63, 3.8) is 0 Å². The summed E-state index contributed by atoms with van der Waals surface area (Å²) >= 11 is -0.748. The molecule has 0 radical (unpaired) electrons. The molecule has 0 aliphatic heterocycles. The van der Waals surface area contributed by atoms with Crippen LogP contribution in [0, 0.1) is 0 Å². The van der Waals surface area contributed by atoms with Crippen molar-refractivity contribution in [2.24, 2.45) is 0 Å². The van der Waals surface area contributed by atoms with Crippen LogP contribution < -0.4 is 0 Å². The quantitative estimate of drug-likeness (QED) is 0.602. The van der Waals surface area contributed by atoms with Gasteiger partial charge in [0.25, 0.3) is 0 Å². The summed E-state index contributed by atoms with van der Waals surface area (Å²) in [6.07, 6.45) is 11.1. The molecule has 0 aromatic heterocycles. The average Bonchev–Trinajstić information content (AvgIpc) is 2.77. The molecule has 0 spiro atoms. The molecule has 1 nitrogen and oxygen atoms in total. The molecule has 2 rings (SSSR count). The summed E-state index contributed by atoms with van der Waals surface area (Å²) in [6, 6.07) is 0. The predicted octanol–water partition coefficient (Wildman–Crippen LogP) is 2.87. The molecule has 0 N–H and O–H groups in total. The minimum Gasteiger partial charge on any atom is -0.607 e. The number of hydrogen-bond acceptors (Lipinski definition) is 1. The van der Waals surface area contributed by atoms with Crippen molar-refractivity contribution in [3.05, 3.63) is 22.0 Å². The normalized spacial score (nSPS) is 23.2. The van der Waals surface area contributed by atoms with Gasteiger partial charge in [0.2, 0.25) is 0 Å². The fourth-order valence-electron chi connectivity index (χ4n) is 1.79. The molecule has 0 fully saturated rings. The van der Waals surface area contributed by atoms with E-state index in [0.29, 0.717) is 0 Å². The summed E-state index contributed by atoms with van der Waals surface area (Å²) in [5.74, 6) is 0. The Kier molecular flexibility index (Phi) is 2.57. The molecule has 2 aliphatic carbocycles. The third-order valence-electron chi connectivity index (χ3n) is 2.47. The van der Waals surface area contributed by atoms with Gasteiger partial charge < -0.3 is 4.55 Å². The van der Waals surface area contributed by atoms with E-state index in [4.69, 9.17) is 0 Å². The van der Waals surface area contributed by atoms with Gasteiger partial charge in [0.05, 0.1) is 0 Å². The van der Waals surface area contributed by atoms with Gasteiger partial charge in [0.15, 0.2) is 0 Å². The highest BCUT2D eigenvalue weighted by molar-refractivity contribution is 7.98. The van der Waals surface area contributed by atoms with E-state index in [0.717, 1.165) is 25.7 Å². The molecular formula is C10H14OS. The summed E-state index contributed by atoms with van der Waals surface area (Å²) in [4.78, 5) is 2.37. The Morgan fingerprint density at radius 3 is 1.83 bits per heavy atom. The Bertz CT molecular complexity index is 206. The molecule has 0 unspecified atom stereocenters. The van der Waals surface area contributed by atoms with Crippen LogP contribution >= 0.6 is 0 Å². The van der Waals surface area contributed by atoms with Crippen molar-refractivity contribution >= 4 is 11.2 Å². The minimum atomic E-state index is -0.748. The maximum atomic E-state index is 11.8. The van der Waals surface area contributed by atoms with Crippen LogP contribution in [0.3, 0.4) is 0 Å². The van der Waals surface area contributed by atoms with Gasteiger partial charge >= 0.3 is 0 Å². The SMILES string of the molecule is [O-][S+](C1=CCCC1)C1=CCCC1. The van der Waals surface area contributed by atoms with Gasteiger partial charge in [-0.25, -0.2) is 0 Å². The van der Waals surface area contributed by atoms with E-state index in [-0.39, 0.29) is 0 Å². The van der Waals surface area contributed by atoms with Gasteiger partial charge in [-0.1, -0.05) is 0 Å². The zero-order valence-corrected chi connectivity index (χ0v) is 8.03. The van der Waals surface area contributed by atoms with Crippen molar-refractivity contribution < 1.29 is 4.55 Å². The molecule has 0 bridgehead atoms. The van der Waals surface area contributed by atoms with Gasteiger partial charge in [-0.3, -0.25) is 0 Å². The first-order valence-electron chi connectivity index (χ1n) is 4.68. The Hall–Kier alpha value is -0.210. The van der Waals surface area contributed by atoms with Gasteiger partial charge in [0.1, 0.15) is 9.81 Å². The van der Waals surface area contributed by atoms with E-state index >= 15 is 0 Å². The molecule has 12 heavy (non-hydrogen) atoms. The van der Waals surface area contributed by atoms with Crippen molar-refractivity contribution in [2.75, 3.05) is 0 Å². The van der Waals surface area contributed by atoms with Crippen molar-refractivity contribution in [2.45, 2.75) is 38.5 Å². The van der Waals surface area contributed by atoms with E-state index < -0.39 is 11.2 Å². The third kappa shape index (κ3) is 1.59. The topological polar surface area (TPSA) is 23.1 Å². The Balaban J connectivity index is 2.03. The van der Waals surface area contributed by atoms with Crippen LogP contribution in [0.25, 0.3) is 0 Å². The highest BCUT2D eigenvalue weighted by Crippen LogP contribution is 2.32. The maximum Gasteiger partial charge on any atom is 0.131 e. The summed E-state index contributed by atoms with van der Waals surface area (Å²) in [7, 11) is 0. The fraction of sp³-hybridized carbons (Fsp3) is 0.600. The molecule has 0 aromatic rings. The Morgan fingerprint density at radius 1 is 1.00 bits per heavy atom. The lowest BCUT2D eigenvalue weighted by atomic mass is 10.4. The van der Waals surface area contributed by atoms with E-state index in [1.807, 2.05) is 0 Å². The molecule has 2 heteroatoms. The average molecular weight is 182 g/mol. The van der Waals surface area contributed by atoms with E-state index in [1.54, 1.807) is 0 Å². The summed E-state index contributed by atoms with van der Waals surface area (Å²) in [5.41, 5.74) is 0. The molecule has 0 saturated heterocycles. The minimum absolute atomic E-state index is 0.748. The molecular weight excluding hydrogens is 168 g/mol. The van der Waals surface area contributed by atoms with Gasteiger partial charge in [-0.15, -0.1) is 0 Å². The first kappa shape index (κ1) is 8.39. The molecule has 0 heterocycles. The first-order chi connectivity index (χ1) is 5.88. The summed E-state index contributed by atoms with van der Waals surface area (Å²) in [6.45, 7) is 0. The second kappa shape index (κ2) is 3.67. The molecule has 0 atom stereocenters. The first-order valence-corrected chi connectivity index (χ1v) is 5.83. The summed E-state index contributed by atoms with van der Waals surface area (Å²) in [5, 5.41) is 0. The standard InChI is InChI=1S/C10H14OS/c11-12(9-5-1-2-6-9)10-7-3-4-8-10/h5,7H,1-4,6,8H2. The van der Waals surface area contributed by atoms with Gasteiger partial charge in [-0.05, 0) is 37.8 Å². The van der Waals surface area contributed by atoms with E-state index in [9.17, 15) is 4.55 Å². The van der Waals surface area contributed by atoms with Crippen LogP contribution in [0.2, 0.25) is 0 Å². The van der Waals surface area contributed by atoms with E-state index in [1.165, 1.54) is 22.7 Å². The summed E-state index contributed by atoms with van der Waals surface area (Å²) < 4.78 is 11.8. The van der Waals surface area contributed by atoms with Crippen LogP contribution in [0.4, 0.5) is 0 Å². The Labute approximate surface area is 76.7 Å². The zero-order chi connectivity index (χ0) is 8.39. The lowest BCUT2D eigenvalue weighted by Gasteiger charge is -2.10. The number of rotatable bonds is 2. The van der Waals surface area contributed by atoms with Crippen molar-refractivity contribution in [1.82, 2.24) is 0 Å². The lowest BCUT2D eigenvalue weighted by molar-refractivity contribution is 0.604. The Morgan fingerprint density at radius 2 is 1.50 bits per heavy atom. The largest absolute Gasteiger partial charge is 0.607 e. The van der Waals surface area contributed by atoms with E-state index in [2.05, 4.69) is 12.2 Å². The van der Waals surface area contributed by atoms with Crippen LogP contribution in [-0.2, 0) is 11.2 Å². The monoisotopic (exact) mass is 182 g/mol. The van der Waals surface area contributed by atoms with Crippen LogP contribution in [0.5, 0.6) is 0 Å². The van der Waals surface area contributed by atoms with Gasteiger partial charge in [0, 0.05) is 24.0 Å². The molecule has 66 valence electrons. The van der Waals surface area contributed by atoms with Crippen LogP contribution in [0.1, 0.15) is 38.5 Å². The molecule has 0 aromatic carbocycles. The highest BCUT2D eigenvalue weighted by Gasteiger charge is 2.24. The maximum absolute atomic E-state index is 11.8. The van der Waals surface area contributed by atoms with Crippen LogP contribution in [-0.4, -0.2) is 4.55 Å². The highest BCUT2D eigenvalue weighted by atomic mass is 32.2. The van der Waals surface area contributed by atoms with Crippen molar-refractivity contribution in [3.8, 4) is 0 Å². The second-order valence-electron chi connectivity index (χ2n) is 3.39. The molecule has 0 amide bonds.